The third kappa shape index (κ3) is 5.18. The van der Waals surface area contributed by atoms with E-state index in [0.717, 1.165) is 25.8 Å². The lowest BCUT2D eigenvalue weighted by Crippen LogP contribution is -2.35. The molecule has 0 fully saturated rings. The van der Waals surface area contributed by atoms with Gasteiger partial charge in [0.1, 0.15) is 5.82 Å². The van der Waals surface area contributed by atoms with Crippen molar-refractivity contribution in [3.63, 3.8) is 0 Å². The summed E-state index contributed by atoms with van der Waals surface area (Å²) in [5, 5.41) is 0. The van der Waals surface area contributed by atoms with E-state index in [4.69, 9.17) is 4.98 Å². The maximum atomic E-state index is 4.91. The number of rotatable bonds is 11. The number of hydrogen-bond donors (Lipinski definition) is 0. The molecule has 3 aromatic rings. The number of aryl methyl sites for hydroxylation is 1. The minimum atomic E-state index is -0.00746. The van der Waals surface area contributed by atoms with Gasteiger partial charge in [-0.05, 0) is 30.4 Å². The maximum absolute atomic E-state index is 4.91. The summed E-state index contributed by atoms with van der Waals surface area (Å²) in [6.45, 7) is 8.08. The van der Waals surface area contributed by atoms with Gasteiger partial charge in [0, 0.05) is 30.3 Å². The van der Waals surface area contributed by atoms with Crippen LogP contribution in [0.3, 0.4) is 0 Å². The Morgan fingerprint density at radius 2 is 1.59 bits per heavy atom. The Morgan fingerprint density at radius 1 is 0.897 bits per heavy atom. The van der Waals surface area contributed by atoms with E-state index in [-0.39, 0.29) is 5.41 Å². The summed E-state index contributed by atoms with van der Waals surface area (Å²) in [5.41, 5.74) is 2.79. The van der Waals surface area contributed by atoms with Crippen LogP contribution < -0.4 is 0 Å². The summed E-state index contributed by atoms with van der Waals surface area (Å²) < 4.78 is 2.42. The molecular formula is C27H36N2. The predicted octanol–water partition coefficient (Wildman–Crippen LogP) is 7.16. The van der Waals surface area contributed by atoms with Gasteiger partial charge in [0.2, 0.25) is 0 Å². The van der Waals surface area contributed by atoms with Gasteiger partial charge in [0.15, 0.2) is 0 Å². The molecule has 1 heterocycles. The second kappa shape index (κ2) is 10.4. The molecule has 2 unspecified atom stereocenters. The average Bonchev–Trinajstić information content (AvgIpc) is 3.21. The van der Waals surface area contributed by atoms with Crippen molar-refractivity contribution in [1.29, 1.82) is 0 Å². The smallest absolute Gasteiger partial charge is 0.112 e. The molecule has 0 radical (unpaired) electrons. The molecule has 2 nitrogen and oxygen atoms in total. The van der Waals surface area contributed by atoms with E-state index in [0.29, 0.717) is 5.92 Å². The van der Waals surface area contributed by atoms with Crippen LogP contribution in [0.5, 0.6) is 0 Å². The Bertz CT molecular complexity index is 837. The highest BCUT2D eigenvalue weighted by Gasteiger charge is 2.38. The van der Waals surface area contributed by atoms with Crippen LogP contribution in [0, 0.1) is 0 Å². The number of hydrogen-bond acceptors (Lipinski definition) is 1. The van der Waals surface area contributed by atoms with Crippen LogP contribution in [0.25, 0.3) is 0 Å². The fraction of sp³-hybridized carbons (Fsp3) is 0.444. The molecule has 0 bridgehead atoms. The van der Waals surface area contributed by atoms with Gasteiger partial charge >= 0.3 is 0 Å². The van der Waals surface area contributed by atoms with E-state index in [1.165, 1.54) is 36.2 Å². The monoisotopic (exact) mass is 388 g/mol. The topological polar surface area (TPSA) is 17.8 Å². The first-order chi connectivity index (χ1) is 14.2. The summed E-state index contributed by atoms with van der Waals surface area (Å²) in [4.78, 5) is 4.91. The lowest BCUT2D eigenvalue weighted by molar-refractivity contribution is 0.328. The van der Waals surface area contributed by atoms with Crippen LogP contribution in [0.15, 0.2) is 73.1 Å². The average molecular weight is 389 g/mol. The third-order valence-electron chi connectivity index (χ3n) is 6.26. The van der Waals surface area contributed by atoms with E-state index in [1.807, 2.05) is 6.20 Å². The Kier molecular flexibility index (Phi) is 7.69. The first-order valence-electron chi connectivity index (χ1n) is 11.3. The highest BCUT2D eigenvalue weighted by molar-refractivity contribution is 5.33. The first kappa shape index (κ1) is 21.4. The highest BCUT2D eigenvalue weighted by Crippen LogP contribution is 2.44. The lowest BCUT2D eigenvalue weighted by atomic mass is 9.66. The van der Waals surface area contributed by atoms with Gasteiger partial charge in [-0.2, -0.15) is 0 Å². The molecule has 154 valence electrons. The molecule has 2 aromatic carbocycles. The van der Waals surface area contributed by atoms with Crippen molar-refractivity contribution < 1.29 is 0 Å². The van der Waals surface area contributed by atoms with Crippen LogP contribution in [0.4, 0.5) is 0 Å². The molecule has 0 saturated heterocycles. The molecule has 29 heavy (non-hydrogen) atoms. The van der Waals surface area contributed by atoms with Crippen molar-refractivity contribution in [2.75, 3.05) is 0 Å². The first-order valence-corrected chi connectivity index (χ1v) is 11.3. The molecule has 0 amide bonds. The van der Waals surface area contributed by atoms with Crippen molar-refractivity contribution in [3.05, 3.63) is 90.0 Å². The minimum Gasteiger partial charge on any atom is -0.335 e. The SMILES string of the molecule is CCCCCn1ccnc1C(CCC)C(C)(Cc1ccccc1)c1ccccc1. The van der Waals surface area contributed by atoms with E-state index in [9.17, 15) is 0 Å². The normalized spacial score (nSPS) is 14.4. The van der Waals surface area contributed by atoms with E-state index in [2.05, 4.69) is 92.2 Å². The molecule has 2 atom stereocenters. The molecule has 3 rings (SSSR count). The summed E-state index contributed by atoms with van der Waals surface area (Å²) in [6, 6.07) is 22.0. The maximum Gasteiger partial charge on any atom is 0.112 e. The number of imidazole rings is 1. The van der Waals surface area contributed by atoms with Crippen LogP contribution in [0.1, 0.15) is 75.7 Å². The number of benzene rings is 2. The third-order valence-corrected chi connectivity index (χ3v) is 6.26. The van der Waals surface area contributed by atoms with Gasteiger partial charge in [0.05, 0.1) is 0 Å². The van der Waals surface area contributed by atoms with Crippen LogP contribution in [-0.2, 0) is 18.4 Å². The Hall–Kier alpha value is -2.35. The molecule has 0 N–H and O–H groups in total. The fourth-order valence-corrected chi connectivity index (χ4v) is 4.64. The van der Waals surface area contributed by atoms with E-state index >= 15 is 0 Å². The summed E-state index contributed by atoms with van der Waals surface area (Å²) >= 11 is 0. The van der Waals surface area contributed by atoms with Crippen molar-refractivity contribution in [2.24, 2.45) is 0 Å². The Balaban J connectivity index is 2.02. The molecule has 0 aliphatic heterocycles. The number of unbranched alkanes of at least 4 members (excludes halogenated alkanes) is 2. The zero-order chi connectivity index (χ0) is 20.5. The van der Waals surface area contributed by atoms with Gasteiger partial charge in [0.25, 0.3) is 0 Å². The lowest BCUT2D eigenvalue weighted by Gasteiger charge is -2.39. The van der Waals surface area contributed by atoms with Crippen molar-refractivity contribution in [2.45, 2.75) is 77.2 Å². The second-order valence-electron chi connectivity index (χ2n) is 8.47. The molecular weight excluding hydrogens is 352 g/mol. The van der Waals surface area contributed by atoms with Crippen LogP contribution in [-0.4, -0.2) is 9.55 Å². The van der Waals surface area contributed by atoms with Crippen LogP contribution in [0.2, 0.25) is 0 Å². The molecule has 0 aliphatic carbocycles. The van der Waals surface area contributed by atoms with E-state index < -0.39 is 0 Å². The standard InChI is InChI=1S/C27H36N2/c1-4-6-13-20-29-21-19-28-26(29)25(14-5-2)27(3,24-17-11-8-12-18-24)22-23-15-9-7-10-16-23/h7-12,15-19,21,25H,4-6,13-14,20,22H2,1-3H3. The molecule has 0 aliphatic rings. The second-order valence-corrected chi connectivity index (χ2v) is 8.47. The van der Waals surface area contributed by atoms with Crippen molar-refractivity contribution >= 4 is 0 Å². The predicted molar refractivity (Wildman–Crippen MR) is 123 cm³/mol. The van der Waals surface area contributed by atoms with E-state index in [1.54, 1.807) is 0 Å². The van der Waals surface area contributed by atoms with Gasteiger partial charge in [-0.1, -0.05) is 101 Å². The van der Waals surface area contributed by atoms with Crippen molar-refractivity contribution in [3.8, 4) is 0 Å². The number of aromatic nitrogens is 2. The minimum absolute atomic E-state index is 0.00746. The Labute approximate surface area is 177 Å². The van der Waals surface area contributed by atoms with Crippen molar-refractivity contribution in [1.82, 2.24) is 9.55 Å². The highest BCUT2D eigenvalue weighted by atomic mass is 15.1. The number of nitrogens with zero attached hydrogens (tertiary/aromatic N) is 2. The largest absolute Gasteiger partial charge is 0.335 e. The quantitative estimate of drug-likeness (QED) is 0.319. The summed E-state index contributed by atoms with van der Waals surface area (Å²) in [6.07, 6.45) is 11.2. The summed E-state index contributed by atoms with van der Waals surface area (Å²) in [7, 11) is 0. The fourth-order valence-electron chi connectivity index (χ4n) is 4.64. The van der Waals surface area contributed by atoms with Gasteiger partial charge in [-0.15, -0.1) is 0 Å². The van der Waals surface area contributed by atoms with Gasteiger partial charge < -0.3 is 4.57 Å². The van der Waals surface area contributed by atoms with Gasteiger partial charge in [-0.25, -0.2) is 4.98 Å². The molecule has 2 heteroatoms. The molecule has 0 saturated carbocycles. The molecule has 1 aromatic heterocycles. The summed E-state index contributed by atoms with van der Waals surface area (Å²) in [5.74, 6) is 1.64. The molecule has 0 spiro atoms. The zero-order valence-electron chi connectivity index (χ0n) is 18.3. The zero-order valence-corrected chi connectivity index (χ0v) is 18.3. The van der Waals surface area contributed by atoms with Gasteiger partial charge in [-0.3, -0.25) is 0 Å². The van der Waals surface area contributed by atoms with Crippen LogP contribution >= 0.6 is 0 Å². The Morgan fingerprint density at radius 3 is 2.24 bits per heavy atom.